The van der Waals surface area contributed by atoms with Crippen LogP contribution in [-0.4, -0.2) is 36.0 Å². The van der Waals surface area contributed by atoms with Crippen LogP contribution >= 0.6 is 0 Å². The highest BCUT2D eigenvalue weighted by Gasteiger charge is 2.26. The Balaban J connectivity index is 1.81. The van der Waals surface area contributed by atoms with E-state index in [-0.39, 0.29) is 29.9 Å². The van der Waals surface area contributed by atoms with Gasteiger partial charge in [0.2, 0.25) is 11.8 Å². The third-order valence-electron chi connectivity index (χ3n) is 3.43. The van der Waals surface area contributed by atoms with Crippen LogP contribution in [0, 0.1) is 5.92 Å². The van der Waals surface area contributed by atoms with E-state index in [4.69, 9.17) is 4.74 Å². The minimum atomic E-state index is -0.358. The minimum Gasteiger partial charge on any atom is -0.504 e. The predicted octanol–water partition coefficient (Wildman–Crippen LogP) is 0.753. The first-order valence-corrected chi connectivity index (χ1v) is 7.04. The number of hydrogen-bond acceptors (Lipinski definition) is 6. The molecule has 0 fully saturated rings. The van der Waals surface area contributed by atoms with E-state index in [9.17, 15) is 14.7 Å². The van der Waals surface area contributed by atoms with Crippen molar-refractivity contribution in [3.8, 4) is 11.5 Å². The molecule has 0 radical (unpaired) electrons. The first-order valence-electron chi connectivity index (χ1n) is 7.04. The van der Waals surface area contributed by atoms with Gasteiger partial charge in [-0.05, 0) is 37.1 Å². The molecule has 0 aliphatic carbocycles. The fourth-order valence-corrected chi connectivity index (χ4v) is 2.13. The number of carbonyl (C=O) groups is 2. The minimum absolute atomic E-state index is 0.00946. The zero-order chi connectivity index (χ0) is 16.8. The molecule has 0 saturated heterocycles. The Bertz CT molecular complexity index is 669. The maximum atomic E-state index is 11.7. The zero-order valence-corrected chi connectivity index (χ0v) is 12.9. The Hall–Kier alpha value is -2.90. The molecule has 1 aromatic carbocycles. The van der Waals surface area contributed by atoms with Crippen LogP contribution < -0.4 is 15.6 Å². The molecule has 122 valence electrons. The second-order valence-corrected chi connectivity index (χ2v) is 5.04. The lowest BCUT2D eigenvalue weighted by atomic mass is 9.99. The molecule has 0 saturated carbocycles. The summed E-state index contributed by atoms with van der Waals surface area (Å²) in [6.07, 6.45) is 1.95. The Morgan fingerprint density at radius 1 is 1.57 bits per heavy atom. The first-order chi connectivity index (χ1) is 11.0. The van der Waals surface area contributed by atoms with Crippen LogP contribution in [0.3, 0.4) is 0 Å². The molecular weight excluding hydrogens is 300 g/mol. The molecule has 3 N–H and O–H groups in total. The maximum Gasteiger partial charge on any atom is 0.248 e. The van der Waals surface area contributed by atoms with Gasteiger partial charge in [-0.25, -0.2) is 10.9 Å². The van der Waals surface area contributed by atoms with Gasteiger partial charge in [0.25, 0.3) is 0 Å². The number of nitrogens with one attached hydrogen (secondary N) is 2. The molecule has 2 rings (SSSR count). The predicted molar refractivity (Wildman–Crippen MR) is 84.4 cm³/mol. The molecule has 0 aromatic heterocycles. The summed E-state index contributed by atoms with van der Waals surface area (Å²) in [5, 5.41) is 17.3. The second kappa shape index (κ2) is 7.39. The highest BCUT2D eigenvalue weighted by atomic mass is 16.5. The summed E-state index contributed by atoms with van der Waals surface area (Å²) in [5.74, 6) is -0.495. The number of aromatic hydroxyl groups is 1. The number of nitrogens with zero attached hydrogens (tertiary/aromatic N) is 2. The number of amides is 2. The van der Waals surface area contributed by atoms with Gasteiger partial charge in [0.15, 0.2) is 11.5 Å². The van der Waals surface area contributed by atoms with Crippen LogP contribution in [0.5, 0.6) is 11.5 Å². The topological polar surface area (TPSA) is 112 Å². The molecule has 1 aliphatic heterocycles. The summed E-state index contributed by atoms with van der Waals surface area (Å²) in [4.78, 5) is 23.2. The number of phenolic OH excluding ortho intramolecular Hbond substituents is 1. The van der Waals surface area contributed by atoms with E-state index in [1.165, 1.54) is 19.4 Å². The number of methoxy groups -OCH3 is 1. The van der Waals surface area contributed by atoms with Gasteiger partial charge in [-0.2, -0.15) is 10.2 Å². The molecular formula is C15H18N4O4. The highest BCUT2D eigenvalue weighted by molar-refractivity contribution is 6.07. The fourth-order valence-electron chi connectivity index (χ4n) is 2.13. The summed E-state index contributed by atoms with van der Waals surface area (Å²) >= 11 is 0. The lowest BCUT2D eigenvalue weighted by Gasteiger charge is -2.06. The summed E-state index contributed by atoms with van der Waals surface area (Å²) in [6, 6.07) is 4.76. The molecule has 1 aromatic rings. The fraction of sp³-hybridized carbons (Fsp3) is 0.333. The molecule has 0 spiro atoms. The molecule has 1 heterocycles. The summed E-state index contributed by atoms with van der Waals surface area (Å²) < 4.78 is 4.93. The Morgan fingerprint density at radius 3 is 2.96 bits per heavy atom. The third kappa shape index (κ3) is 4.29. The van der Waals surface area contributed by atoms with Crippen LogP contribution in [-0.2, 0) is 9.59 Å². The van der Waals surface area contributed by atoms with Crippen molar-refractivity contribution in [3.05, 3.63) is 23.8 Å². The number of phenols is 1. The number of hydrazone groups is 2. The molecule has 8 nitrogen and oxygen atoms in total. The number of hydrogen-bond donors (Lipinski definition) is 3. The van der Waals surface area contributed by atoms with Crippen LogP contribution in [0.1, 0.15) is 25.3 Å². The third-order valence-corrected chi connectivity index (χ3v) is 3.43. The van der Waals surface area contributed by atoms with E-state index in [0.717, 1.165) is 0 Å². The van der Waals surface area contributed by atoms with Gasteiger partial charge in [0.1, 0.15) is 0 Å². The second-order valence-electron chi connectivity index (χ2n) is 5.04. The quantitative estimate of drug-likeness (QED) is 0.531. The molecule has 2 amide bonds. The normalized spacial score (nSPS) is 17.0. The van der Waals surface area contributed by atoms with Crippen molar-refractivity contribution in [2.75, 3.05) is 7.11 Å². The summed E-state index contributed by atoms with van der Waals surface area (Å²) in [6.45, 7) is 1.74. The van der Waals surface area contributed by atoms with E-state index >= 15 is 0 Å². The zero-order valence-electron chi connectivity index (χ0n) is 12.9. The van der Waals surface area contributed by atoms with Crippen LogP contribution in [0.2, 0.25) is 0 Å². The van der Waals surface area contributed by atoms with Gasteiger partial charge in [-0.1, -0.05) is 0 Å². The molecule has 0 bridgehead atoms. The number of benzene rings is 1. The number of rotatable bonds is 6. The van der Waals surface area contributed by atoms with Crippen LogP contribution in [0.15, 0.2) is 28.4 Å². The monoisotopic (exact) mass is 318 g/mol. The average molecular weight is 318 g/mol. The lowest BCUT2D eigenvalue weighted by Crippen LogP contribution is -2.25. The Labute approximate surface area is 133 Å². The molecule has 8 heteroatoms. The van der Waals surface area contributed by atoms with Crippen molar-refractivity contribution in [1.82, 2.24) is 10.9 Å². The number of carbonyl (C=O) groups excluding carboxylic acids is 2. The van der Waals surface area contributed by atoms with Crippen molar-refractivity contribution in [2.45, 2.75) is 19.8 Å². The van der Waals surface area contributed by atoms with Crippen molar-refractivity contribution >= 4 is 23.7 Å². The summed E-state index contributed by atoms with van der Waals surface area (Å²) in [5.41, 5.74) is 6.05. The van der Waals surface area contributed by atoms with Crippen molar-refractivity contribution < 1.29 is 19.4 Å². The van der Waals surface area contributed by atoms with Crippen molar-refractivity contribution in [1.29, 1.82) is 0 Å². The Kier molecular flexibility index (Phi) is 5.29. The van der Waals surface area contributed by atoms with Crippen LogP contribution in [0.25, 0.3) is 0 Å². The average Bonchev–Trinajstić information content (AvgIpc) is 2.84. The molecule has 1 atom stereocenters. The van der Waals surface area contributed by atoms with Crippen LogP contribution in [0.4, 0.5) is 0 Å². The van der Waals surface area contributed by atoms with Crippen molar-refractivity contribution in [2.24, 2.45) is 16.1 Å². The summed E-state index contributed by atoms with van der Waals surface area (Å²) in [7, 11) is 1.46. The first kappa shape index (κ1) is 16.5. The van der Waals surface area contributed by atoms with E-state index < -0.39 is 0 Å². The van der Waals surface area contributed by atoms with E-state index in [1.807, 2.05) is 0 Å². The van der Waals surface area contributed by atoms with E-state index in [2.05, 4.69) is 21.1 Å². The molecule has 1 unspecified atom stereocenters. The largest absolute Gasteiger partial charge is 0.504 e. The van der Waals surface area contributed by atoms with Crippen molar-refractivity contribution in [3.63, 3.8) is 0 Å². The van der Waals surface area contributed by atoms with Gasteiger partial charge >= 0.3 is 0 Å². The number of ether oxygens (including phenoxy) is 1. The van der Waals surface area contributed by atoms with Gasteiger partial charge in [0.05, 0.1) is 19.2 Å². The lowest BCUT2D eigenvalue weighted by molar-refractivity contribution is -0.123. The van der Waals surface area contributed by atoms with Gasteiger partial charge in [0, 0.05) is 12.1 Å². The SMILES string of the molecule is COc1ccc(C=NNC(=O)CCC2C(=O)NN=C2C)cc1O. The van der Waals surface area contributed by atoms with Gasteiger partial charge in [-0.3, -0.25) is 9.59 Å². The Morgan fingerprint density at radius 2 is 2.35 bits per heavy atom. The smallest absolute Gasteiger partial charge is 0.248 e. The standard InChI is InChI=1S/C15H18N4O4/c1-9-11(15(22)19-17-9)4-6-14(21)18-16-8-10-3-5-13(23-2)12(20)7-10/h3,5,7-8,11,20H,4,6H2,1-2H3,(H,18,21)(H,19,22). The van der Waals surface area contributed by atoms with E-state index in [0.29, 0.717) is 23.4 Å². The van der Waals surface area contributed by atoms with Gasteiger partial charge in [-0.15, -0.1) is 0 Å². The maximum absolute atomic E-state index is 11.7. The highest BCUT2D eigenvalue weighted by Crippen LogP contribution is 2.25. The molecule has 23 heavy (non-hydrogen) atoms. The molecule has 1 aliphatic rings. The van der Waals surface area contributed by atoms with Gasteiger partial charge < -0.3 is 9.84 Å². The van der Waals surface area contributed by atoms with E-state index in [1.54, 1.807) is 19.1 Å².